The molecule has 0 fully saturated rings. The van der Waals surface area contributed by atoms with Crippen molar-refractivity contribution in [3.63, 3.8) is 0 Å². The second kappa shape index (κ2) is 9.66. The van der Waals surface area contributed by atoms with Gasteiger partial charge in [-0.3, -0.25) is 4.79 Å². The van der Waals surface area contributed by atoms with Crippen molar-refractivity contribution in [1.29, 1.82) is 0 Å². The van der Waals surface area contributed by atoms with Crippen molar-refractivity contribution >= 4 is 33.1 Å². The number of para-hydroxylation sites is 2. The van der Waals surface area contributed by atoms with E-state index >= 15 is 0 Å². The van der Waals surface area contributed by atoms with Gasteiger partial charge in [-0.15, -0.1) is 0 Å². The van der Waals surface area contributed by atoms with Crippen LogP contribution >= 0.6 is 15.9 Å². The van der Waals surface area contributed by atoms with Gasteiger partial charge in [-0.1, -0.05) is 24.3 Å². The summed E-state index contributed by atoms with van der Waals surface area (Å²) in [5.41, 5.74) is 5.35. The quantitative estimate of drug-likeness (QED) is 0.344. The van der Waals surface area contributed by atoms with Crippen LogP contribution in [0, 0.1) is 0 Å². The van der Waals surface area contributed by atoms with Gasteiger partial charge in [0.15, 0.2) is 17.3 Å². The maximum atomic E-state index is 13.8. The lowest BCUT2D eigenvalue weighted by atomic mass is 9.78. The van der Waals surface area contributed by atoms with Crippen LogP contribution in [0.25, 0.3) is 0 Å². The highest BCUT2D eigenvalue weighted by Crippen LogP contribution is 2.46. The average molecular weight is 535 g/mol. The Bertz CT molecular complexity index is 1320. The lowest BCUT2D eigenvalue weighted by molar-refractivity contribution is -0.116. The predicted molar refractivity (Wildman–Crippen MR) is 140 cm³/mol. The molecule has 6 nitrogen and oxygen atoms in total. The van der Waals surface area contributed by atoms with Crippen molar-refractivity contribution in [2.24, 2.45) is 0 Å². The summed E-state index contributed by atoms with van der Waals surface area (Å²) in [6.07, 6.45) is 1.10. The number of ketones is 1. The number of carbonyl (C=O) groups is 1. The van der Waals surface area contributed by atoms with Gasteiger partial charge in [0.25, 0.3) is 0 Å². The number of rotatable bonds is 5. The second-order valence-electron chi connectivity index (χ2n) is 8.73. The highest BCUT2D eigenvalue weighted by molar-refractivity contribution is 9.10. The molecular weight excluding hydrogens is 508 g/mol. The van der Waals surface area contributed by atoms with Gasteiger partial charge in [-0.25, -0.2) is 0 Å². The van der Waals surface area contributed by atoms with Gasteiger partial charge >= 0.3 is 0 Å². The highest BCUT2D eigenvalue weighted by Gasteiger charge is 2.36. The maximum absolute atomic E-state index is 13.8. The minimum Gasteiger partial charge on any atom is -0.503 e. The van der Waals surface area contributed by atoms with Crippen LogP contribution in [0.5, 0.6) is 17.2 Å². The molecule has 0 saturated heterocycles. The number of allylic oxidation sites excluding steroid dienone is 1. The van der Waals surface area contributed by atoms with E-state index in [2.05, 4.69) is 32.6 Å². The fraction of sp³-hybridized carbons (Fsp3) is 0.250. The van der Waals surface area contributed by atoms with Crippen LogP contribution in [0.15, 0.2) is 76.4 Å². The summed E-state index contributed by atoms with van der Waals surface area (Å²) in [5.74, 6) is 1.33. The van der Waals surface area contributed by atoms with Crippen molar-refractivity contribution < 1.29 is 19.4 Å². The Morgan fingerprint density at radius 2 is 1.83 bits per heavy atom. The highest BCUT2D eigenvalue weighted by atomic mass is 79.9. The van der Waals surface area contributed by atoms with Crippen molar-refractivity contribution in [2.75, 3.05) is 24.4 Å². The van der Waals surface area contributed by atoms with E-state index in [1.54, 1.807) is 13.2 Å². The van der Waals surface area contributed by atoms with Gasteiger partial charge in [-0.05, 0) is 82.7 Å². The molecule has 2 atom stereocenters. The molecule has 0 unspecified atom stereocenters. The monoisotopic (exact) mass is 534 g/mol. The Labute approximate surface area is 213 Å². The van der Waals surface area contributed by atoms with Crippen LogP contribution in [0.3, 0.4) is 0 Å². The third-order valence-electron chi connectivity index (χ3n) is 6.56. The number of hydrogen-bond acceptors (Lipinski definition) is 6. The number of methoxy groups -OCH3 is 1. The summed E-state index contributed by atoms with van der Waals surface area (Å²) < 4.78 is 11.6. The summed E-state index contributed by atoms with van der Waals surface area (Å²) in [5, 5.41) is 17.6. The molecule has 2 aliphatic rings. The molecular formula is C28H27BrN2O4. The number of ether oxygens (including phenoxy) is 2. The first kappa shape index (κ1) is 23.3. The molecule has 1 heterocycles. The van der Waals surface area contributed by atoms with Crippen LogP contribution < -0.4 is 20.1 Å². The SMILES string of the molecule is CCOc1cc([C@H]2Nc3ccccc3NC3=C2C(=O)C[C@H](c2cccc(OC)c2)C3)cc(Br)c1O. The maximum Gasteiger partial charge on any atom is 0.172 e. The Morgan fingerprint density at radius 1 is 1.03 bits per heavy atom. The number of carbonyl (C=O) groups excluding carboxylic acids is 1. The molecule has 3 N–H and O–H groups in total. The molecule has 0 amide bonds. The van der Waals surface area contributed by atoms with Crippen molar-refractivity contribution in [3.8, 4) is 17.2 Å². The molecule has 0 radical (unpaired) electrons. The zero-order valence-corrected chi connectivity index (χ0v) is 21.2. The van der Waals surface area contributed by atoms with E-state index in [1.165, 1.54) is 0 Å². The normalized spacial score (nSPS) is 19.1. The minimum atomic E-state index is -0.406. The molecule has 5 rings (SSSR count). The predicted octanol–water partition coefficient (Wildman–Crippen LogP) is 6.54. The van der Waals surface area contributed by atoms with Gasteiger partial charge in [0, 0.05) is 17.7 Å². The van der Waals surface area contributed by atoms with Crippen LogP contribution in [0.1, 0.15) is 42.9 Å². The molecule has 35 heavy (non-hydrogen) atoms. The molecule has 0 spiro atoms. The number of hydrogen-bond donors (Lipinski definition) is 3. The van der Waals surface area contributed by atoms with E-state index < -0.39 is 6.04 Å². The van der Waals surface area contributed by atoms with Gasteiger partial charge in [-0.2, -0.15) is 0 Å². The Kier molecular flexibility index (Phi) is 6.43. The fourth-order valence-electron chi connectivity index (χ4n) is 4.90. The standard InChI is InChI=1S/C28H27BrN2O4/c1-3-35-25-15-18(12-20(29)28(25)33)27-26-23(30-21-9-4-5-10-22(21)31-27)13-17(14-24(26)32)16-7-6-8-19(11-16)34-2/h4-12,15,17,27,30-31,33H,3,13-14H2,1-2H3/t17-,27-/m1/s1. The topological polar surface area (TPSA) is 79.8 Å². The first-order chi connectivity index (χ1) is 17.0. The van der Waals surface area contributed by atoms with Crippen molar-refractivity contribution in [1.82, 2.24) is 0 Å². The molecule has 7 heteroatoms. The van der Waals surface area contributed by atoms with Gasteiger partial charge in [0.1, 0.15) is 5.75 Å². The first-order valence-corrected chi connectivity index (χ1v) is 12.5. The van der Waals surface area contributed by atoms with Crippen LogP contribution in [0.4, 0.5) is 11.4 Å². The van der Waals surface area contributed by atoms with Crippen molar-refractivity contribution in [2.45, 2.75) is 31.7 Å². The third-order valence-corrected chi connectivity index (χ3v) is 7.16. The average Bonchev–Trinajstić information content (AvgIpc) is 3.03. The van der Waals surface area contributed by atoms with E-state index in [0.29, 0.717) is 35.2 Å². The molecule has 3 aromatic carbocycles. The number of nitrogens with one attached hydrogen (secondary N) is 2. The zero-order chi connectivity index (χ0) is 24.5. The molecule has 1 aliphatic carbocycles. The second-order valence-corrected chi connectivity index (χ2v) is 9.58. The molecule has 180 valence electrons. The number of phenols is 1. The lowest BCUT2D eigenvalue weighted by Crippen LogP contribution is -2.27. The number of anilines is 2. The van der Waals surface area contributed by atoms with Crippen molar-refractivity contribution in [3.05, 3.63) is 87.5 Å². The number of fused-ring (bicyclic) bond motifs is 1. The number of Topliss-reactive ketones (excluding diaryl/α,β-unsaturated/α-hetero) is 1. The molecule has 0 saturated carbocycles. The minimum absolute atomic E-state index is 0.0419. The Hall–Kier alpha value is -3.45. The number of aromatic hydroxyl groups is 1. The molecule has 1 aliphatic heterocycles. The Balaban J connectivity index is 1.62. The van der Waals surface area contributed by atoms with Gasteiger partial charge < -0.3 is 25.2 Å². The lowest BCUT2D eigenvalue weighted by Gasteiger charge is -2.30. The summed E-state index contributed by atoms with van der Waals surface area (Å²) in [4.78, 5) is 13.8. The van der Waals surface area contributed by atoms with E-state index in [9.17, 15) is 9.90 Å². The summed E-state index contributed by atoms with van der Waals surface area (Å²) in [6.45, 7) is 2.29. The van der Waals surface area contributed by atoms with Gasteiger partial charge in [0.05, 0.1) is 35.6 Å². The Morgan fingerprint density at radius 3 is 2.60 bits per heavy atom. The largest absolute Gasteiger partial charge is 0.503 e. The van der Waals surface area contributed by atoms with Gasteiger partial charge in [0.2, 0.25) is 0 Å². The number of halogens is 1. The van der Waals surface area contributed by atoms with Crippen LogP contribution in [-0.2, 0) is 4.79 Å². The van der Waals surface area contributed by atoms with E-state index in [1.807, 2.05) is 55.5 Å². The summed E-state index contributed by atoms with van der Waals surface area (Å²) >= 11 is 3.46. The molecule has 0 aromatic heterocycles. The first-order valence-electron chi connectivity index (χ1n) is 11.7. The fourth-order valence-corrected chi connectivity index (χ4v) is 5.36. The van der Waals surface area contributed by atoms with E-state index in [0.717, 1.165) is 33.9 Å². The number of phenolic OH excluding ortho intramolecular Hbond substituents is 1. The van der Waals surface area contributed by atoms with Crippen LogP contribution in [-0.4, -0.2) is 24.6 Å². The molecule has 3 aromatic rings. The van der Waals surface area contributed by atoms with E-state index in [-0.39, 0.29) is 17.5 Å². The van der Waals surface area contributed by atoms with E-state index in [4.69, 9.17) is 9.47 Å². The smallest absolute Gasteiger partial charge is 0.172 e. The number of benzene rings is 3. The third kappa shape index (κ3) is 4.48. The molecule has 0 bridgehead atoms. The summed E-state index contributed by atoms with van der Waals surface area (Å²) in [6, 6.07) is 19.1. The van der Waals surface area contributed by atoms with Crippen LogP contribution in [0.2, 0.25) is 0 Å². The zero-order valence-electron chi connectivity index (χ0n) is 19.6. The summed E-state index contributed by atoms with van der Waals surface area (Å²) in [7, 11) is 1.65.